The van der Waals surface area contributed by atoms with E-state index in [1.807, 2.05) is 14.1 Å². The molecule has 84 valence electrons. The summed E-state index contributed by atoms with van der Waals surface area (Å²) >= 11 is 0. The predicted octanol–water partition coefficient (Wildman–Crippen LogP) is 1.26. The Balaban J connectivity index is 0.00000169. The molecular formula is C10H21ClN2O. The Kier molecular flexibility index (Phi) is 6.12. The summed E-state index contributed by atoms with van der Waals surface area (Å²) in [5.74, 6) is 1.21. The second-order valence-corrected chi connectivity index (χ2v) is 4.19. The molecular weight excluding hydrogens is 200 g/mol. The van der Waals surface area contributed by atoms with Gasteiger partial charge < -0.3 is 10.6 Å². The van der Waals surface area contributed by atoms with E-state index in [1.54, 1.807) is 4.90 Å². The Hall–Kier alpha value is -0.280. The molecule has 0 aromatic carbocycles. The molecule has 14 heavy (non-hydrogen) atoms. The second kappa shape index (κ2) is 6.25. The number of rotatable bonds is 2. The first-order valence-corrected chi connectivity index (χ1v) is 5.06. The third-order valence-corrected chi connectivity index (χ3v) is 2.97. The van der Waals surface area contributed by atoms with Gasteiger partial charge in [-0.3, -0.25) is 4.79 Å². The van der Waals surface area contributed by atoms with Crippen molar-refractivity contribution in [1.82, 2.24) is 4.90 Å². The first-order valence-electron chi connectivity index (χ1n) is 5.06. The maximum Gasteiger partial charge on any atom is 0.225 e. The molecule has 0 atom stereocenters. The average Bonchev–Trinajstić information content (AvgIpc) is 2.17. The molecule has 0 aromatic heterocycles. The van der Waals surface area contributed by atoms with Gasteiger partial charge in [-0.1, -0.05) is 0 Å². The number of nitrogens with zero attached hydrogens (tertiary/aromatic N) is 1. The van der Waals surface area contributed by atoms with Gasteiger partial charge in [-0.2, -0.15) is 0 Å². The number of nitrogens with two attached hydrogens (primary N) is 1. The minimum Gasteiger partial charge on any atom is -0.349 e. The maximum atomic E-state index is 11.6. The van der Waals surface area contributed by atoms with E-state index in [4.69, 9.17) is 5.73 Å². The lowest BCUT2D eigenvalue weighted by Gasteiger charge is -2.28. The van der Waals surface area contributed by atoms with Gasteiger partial charge in [-0.05, 0) is 38.1 Å². The molecule has 0 aliphatic heterocycles. The van der Waals surface area contributed by atoms with Gasteiger partial charge in [0.05, 0.1) is 0 Å². The minimum absolute atomic E-state index is 0. The molecule has 1 rings (SSSR count). The monoisotopic (exact) mass is 220 g/mol. The van der Waals surface area contributed by atoms with Crippen LogP contribution in [0.15, 0.2) is 0 Å². The van der Waals surface area contributed by atoms with Crippen molar-refractivity contribution in [2.75, 3.05) is 20.6 Å². The molecule has 1 aliphatic carbocycles. The van der Waals surface area contributed by atoms with Crippen LogP contribution in [0.3, 0.4) is 0 Å². The fourth-order valence-corrected chi connectivity index (χ4v) is 2.01. The average molecular weight is 221 g/mol. The smallest absolute Gasteiger partial charge is 0.225 e. The van der Waals surface area contributed by atoms with Crippen LogP contribution >= 0.6 is 12.4 Å². The molecule has 0 aromatic rings. The molecule has 4 heteroatoms. The summed E-state index contributed by atoms with van der Waals surface area (Å²) in [7, 11) is 3.66. The van der Waals surface area contributed by atoms with E-state index < -0.39 is 0 Å². The Bertz CT molecular complexity index is 177. The number of carbonyl (C=O) groups excluding carboxylic acids is 1. The van der Waals surface area contributed by atoms with E-state index in [-0.39, 0.29) is 24.2 Å². The zero-order valence-electron chi connectivity index (χ0n) is 9.03. The highest BCUT2D eigenvalue weighted by atomic mass is 35.5. The van der Waals surface area contributed by atoms with E-state index in [0.717, 1.165) is 32.2 Å². The Morgan fingerprint density at radius 3 is 2.14 bits per heavy atom. The van der Waals surface area contributed by atoms with E-state index in [2.05, 4.69) is 0 Å². The number of hydrogen-bond donors (Lipinski definition) is 1. The van der Waals surface area contributed by atoms with Gasteiger partial charge in [-0.25, -0.2) is 0 Å². The fraction of sp³-hybridized carbons (Fsp3) is 0.900. The maximum absolute atomic E-state index is 11.6. The largest absolute Gasteiger partial charge is 0.349 e. The van der Waals surface area contributed by atoms with Crippen LogP contribution in [0.25, 0.3) is 0 Å². The summed E-state index contributed by atoms with van der Waals surface area (Å²) in [4.78, 5) is 13.3. The third-order valence-electron chi connectivity index (χ3n) is 2.97. The van der Waals surface area contributed by atoms with Crippen LogP contribution in [0, 0.1) is 11.8 Å². The molecule has 2 N–H and O–H groups in total. The Morgan fingerprint density at radius 1 is 1.29 bits per heavy atom. The molecule has 1 saturated carbocycles. The summed E-state index contributed by atoms with van der Waals surface area (Å²) in [5, 5.41) is 0. The number of amides is 1. The highest BCUT2D eigenvalue weighted by Gasteiger charge is 2.26. The lowest BCUT2D eigenvalue weighted by Crippen LogP contribution is -2.33. The van der Waals surface area contributed by atoms with Gasteiger partial charge in [0.2, 0.25) is 5.91 Å². The summed E-state index contributed by atoms with van der Waals surface area (Å²) in [5.41, 5.74) is 5.59. The van der Waals surface area contributed by atoms with Crippen LogP contribution in [-0.4, -0.2) is 31.4 Å². The fourth-order valence-electron chi connectivity index (χ4n) is 2.01. The first-order chi connectivity index (χ1) is 6.15. The Morgan fingerprint density at radius 2 is 1.79 bits per heavy atom. The van der Waals surface area contributed by atoms with Gasteiger partial charge in [0.1, 0.15) is 0 Å². The van der Waals surface area contributed by atoms with Crippen molar-refractivity contribution < 1.29 is 4.79 Å². The van der Waals surface area contributed by atoms with Gasteiger partial charge in [-0.15, -0.1) is 12.4 Å². The molecule has 1 aliphatic rings. The zero-order valence-corrected chi connectivity index (χ0v) is 9.85. The highest BCUT2D eigenvalue weighted by Crippen LogP contribution is 2.28. The van der Waals surface area contributed by atoms with Crippen molar-refractivity contribution in [2.24, 2.45) is 17.6 Å². The molecule has 0 saturated heterocycles. The molecule has 0 spiro atoms. The molecule has 0 unspecified atom stereocenters. The van der Waals surface area contributed by atoms with Gasteiger partial charge in [0.15, 0.2) is 0 Å². The lowest BCUT2D eigenvalue weighted by atomic mass is 9.81. The van der Waals surface area contributed by atoms with Crippen molar-refractivity contribution >= 4 is 18.3 Å². The van der Waals surface area contributed by atoms with Crippen LogP contribution in [0.5, 0.6) is 0 Å². The van der Waals surface area contributed by atoms with Crippen LogP contribution in [-0.2, 0) is 4.79 Å². The summed E-state index contributed by atoms with van der Waals surface area (Å²) in [6.07, 6.45) is 4.30. The number of halogens is 1. The van der Waals surface area contributed by atoms with Crippen molar-refractivity contribution in [3.05, 3.63) is 0 Å². The molecule has 3 nitrogen and oxygen atoms in total. The summed E-state index contributed by atoms with van der Waals surface area (Å²) in [6, 6.07) is 0. The summed E-state index contributed by atoms with van der Waals surface area (Å²) < 4.78 is 0. The number of hydrogen-bond acceptors (Lipinski definition) is 2. The molecule has 0 radical (unpaired) electrons. The van der Waals surface area contributed by atoms with Crippen molar-refractivity contribution in [1.29, 1.82) is 0 Å². The van der Waals surface area contributed by atoms with Gasteiger partial charge in [0.25, 0.3) is 0 Å². The van der Waals surface area contributed by atoms with E-state index in [9.17, 15) is 4.79 Å². The van der Waals surface area contributed by atoms with Crippen LogP contribution < -0.4 is 5.73 Å². The third kappa shape index (κ3) is 3.46. The minimum atomic E-state index is 0. The number of carbonyl (C=O) groups is 1. The first kappa shape index (κ1) is 13.7. The molecule has 0 heterocycles. The van der Waals surface area contributed by atoms with Gasteiger partial charge >= 0.3 is 0 Å². The molecule has 1 amide bonds. The quantitative estimate of drug-likeness (QED) is 0.762. The zero-order chi connectivity index (χ0) is 9.84. The highest BCUT2D eigenvalue weighted by molar-refractivity contribution is 5.85. The lowest BCUT2D eigenvalue weighted by molar-refractivity contribution is -0.134. The molecule has 0 bridgehead atoms. The SMILES string of the molecule is CN(C)C(=O)C1CCC(CN)CC1.Cl. The topological polar surface area (TPSA) is 46.3 Å². The van der Waals surface area contributed by atoms with Gasteiger partial charge in [0, 0.05) is 20.0 Å². The van der Waals surface area contributed by atoms with Crippen molar-refractivity contribution in [3.63, 3.8) is 0 Å². The van der Waals surface area contributed by atoms with Crippen LogP contribution in [0.4, 0.5) is 0 Å². The van der Waals surface area contributed by atoms with E-state index in [1.165, 1.54) is 0 Å². The van der Waals surface area contributed by atoms with Crippen LogP contribution in [0.2, 0.25) is 0 Å². The normalized spacial score (nSPS) is 26.5. The van der Waals surface area contributed by atoms with E-state index in [0.29, 0.717) is 5.92 Å². The van der Waals surface area contributed by atoms with Crippen molar-refractivity contribution in [2.45, 2.75) is 25.7 Å². The standard InChI is InChI=1S/C10H20N2O.ClH/c1-12(2)10(13)9-5-3-8(7-11)4-6-9;/h8-9H,3-7,11H2,1-2H3;1H. The van der Waals surface area contributed by atoms with Crippen molar-refractivity contribution in [3.8, 4) is 0 Å². The van der Waals surface area contributed by atoms with Crippen LogP contribution in [0.1, 0.15) is 25.7 Å². The van der Waals surface area contributed by atoms with E-state index >= 15 is 0 Å². The predicted molar refractivity (Wildman–Crippen MR) is 60.4 cm³/mol. The second-order valence-electron chi connectivity index (χ2n) is 4.19. The molecule has 1 fully saturated rings. The Labute approximate surface area is 92.4 Å². The summed E-state index contributed by atoms with van der Waals surface area (Å²) in [6.45, 7) is 0.781.